The van der Waals surface area contributed by atoms with Gasteiger partial charge in [-0.25, -0.2) is 4.98 Å². The van der Waals surface area contributed by atoms with Gasteiger partial charge in [-0.3, -0.25) is 9.69 Å². The van der Waals surface area contributed by atoms with E-state index in [4.69, 9.17) is 10.00 Å². The van der Waals surface area contributed by atoms with Crippen LogP contribution in [0.25, 0.3) is 0 Å². The van der Waals surface area contributed by atoms with Gasteiger partial charge in [-0.1, -0.05) is 13.3 Å². The van der Waals surface area contributed by atoms with Crippen LogP contribution in [0, 0.1) is 11.3 Å². The third-order valence-corrected chi connectivity index (χ3v) is 3.69. The van der Waals surface area contributed by atoms with Crippen LogP contribution in [0.5, 0.6) is 0 Å². The zero-order valence-corrected chi connectivity index (χ0v) is 13.0. The van der Waals surface area contributed by atoms with Crippen LogP contribution in [-0.4, -0.2) is 55.2 Å². The van der Waals surface area contributed by atoms with Gasteiger partial charge in [-0.15, -0.1) is 0 Å². The monoisotopic (exact) mass is 302 g/mol. The molecule has 0 radical (unpaired) electrons. The number of piperazine rings is 1. The molecule has 22 heavy (non-hydrogen) atoms. The number of carbonyl (C=O) groups excluding carboxylic acids is 1. The van der Waals surface area contributed by atoms with Crippen molar-refractivity contribution in [2.75, 3.05) is 44.2 Å². The first-order valence-electron chi connectivity index (χ1n) is 7.72. The number of ether oxygens (including phenoxy) is 1. The number of anilines is 1. The molecule has 6 heteroatoms. The molecule has 2 heterocycles. The molecule has 1 fully saturated rings. The van der Waals surface area contributed by atoms with E-state index >= 15 is 0 Å². The Kier molecular flexibility index (Phi) is 6.16. The van der Waals surface area contributed by atoms with E-state index in [2.05, 4.69) is 27.8 Å². The minimum absolute atomic E-state index is 0.155. The van der Waals surface area contributed by atoms with E-state index in [0.717, 1.165) is 44.8 Å². The molecule has 1 aliphatic heterocycles. The lowest BCUT2D eigenvalue weighted by molar-refractivity contribution is -0.145. The van der Waals surface area contributed by atoms with E-state index in [0.29, 0.717) is 18.7 Å². The fourth-order valence-corrected chi connectivity index (χ4v) is 2.41. The molecule has 1 aromatic rings. The summed E-state index contributed by atoms with van der Waals surface area (Å²) in [7, 11) is 0. The highest BCUT2D eigenvalue weighted by molar-refractivity contribution is 5.71. The molecule has 0 amide bonds. The number of rotatable bonds is 6. The van der Waals surface area contributed by atoms with E-state index in [9.17, 15) is 4.79 Å². The van der Waals surface area contributed by atoms with Gasteiger partial charge >= 0.3 is 5.97 Å². The number of esters is 1. The van der Waals surface area contributed by atoms with Gasteiger partial charge in [0.15, 0.2) is 0 Å². The average Bonchev–Trinajstić information content (AvgIpc) is 2.56. The topological polar surface area (TPSA) is 69.5 Å². The Hall–Kier alpha value is -2.13. The molecule has 0 atom stereocenters. The maximum atomic E-state index is 11.7. The molecular formula is C16H22N4O2. The van der Waals surface area contributed by atoms with Crippen molar-refractivity contribution >= 4 is 11.8 Å². The Morgan fingerprint density at radius 2 is 2.18 bits per heavy atom. The molecule has 0 aliphatic carbocycles. The van der Waals surface area contributed by atoms with Crippen LogP contribution in [0.1, 0.15) is 25.3 Å². The fourth-order valence-electron chi connectivity index (χ4n) is 2.41. The maximum absolute atomic E-state index is 11.7. The summed E-state index contributed by atoms with van der Waals surface area (Å²) in [6.07, 6.45) is 3.64. The number of carbonyl (C=O) groups is 1. The van der Waals surface area contributed by atoms with Crippen molar-refractivity contribution in [3.8, 4) is 6.07 Å². The second-order valence-electron chi connectivity index (χ2n) is 5.32. The highest BCUT2D eigenvalue weighted by Gasteiger charge is 2.21. The summed E-state index contributed by atoms with van der Waals surface area (Å²) in [4.78, 5) is 20.2. The fraction of sp³-hybridized carbons (Fsp3) is 0.562. The maximum Gasteiger partial charge on any atom is 0.320 e. The predicted molar refractivity (Wildman–Crippen MR) is 83.5 cm³/mol. The van der Waals surface area contributed by atoms with Crippen molar-refractivity contribution in [3.05, 3.63) is 23.9 Å². The Balaban J connectivity index is 1.81. The summed E-state index contributed by atoms with van der Waals surface area (Å²) in [5, 5.41) is 9.13. The normalized spacial score (nSPS) is 15.4. The minimum atomic E-state index is -0.155. The predicted octanol–water partition coefficient (Wildman–Crippen LogP) is 1.42. The van der Waals surface area contributed by atoms with E-state index in [1.807, 2.05) is 0 Å². The number of hydrogen-bond donors (Lipinski definition) is 0. The molecule has 0 aromatic carbocycles. The largest absolute Gasteiger partial charge is 0.465 e. The molecule has 0 bridgehead atoms. The summed E-state index contributed by atoms with van der Waals surface area (Å²) in [6, 6.07) is 5.72. The molecule has 1 aromatic heterocycles. The van der Waals surface area contributed by atoms with Gasteiger partial charge in [0.2, 0.25) is 0 Å². The standard InChI is InChI=1S/C16H22N4O2/c1-2-3-11-22-15(21)13-19-7-9-20(10-8-19)16-14(12-17)5-4-6-18-16/h4-6H,2-3,7-11,13H2,1H3. The van der Waals surface area contributed by atoms with Gasteiger partial charge in [-0.05, 0) is 18.6 Å². The van der Waals surface area contributed by atoms with Crippen LogP contribution in [-0.2, 0) is 9.53 Å². The van der Waals surface area contributed by atoms with E-state index in [1.54, 1.807) is 18.3 Å². The van der Waals surface area contributed by atoms with E-state index < -0.39 is 0 Å². The van der Waals surface area contributed by atoms with Gasteiger partial charge in [-0.2, -0.15) is 5.26 Å². The Morgan fingerprint density at radius 1 is 1.41 bits per heavy atom. The van der Waals surface area contributed by atoms with Gasteiger partial charge in [0, 0.05) is 32.4 Å². The molecular weight excluding hydrogens is 280 g/mol. The smallest absolute Gasteiger partial charge is 0.320 e. The lowest BCUT2D eigenvalue weighted by atomic mass is 10.2. The van der Waals surface area contributed by atoms with Crippen LogP contribution < -0.4 is 4.90 Å². The summed E-state index contributed by atoms with van der Waals surface area (Å²) >= 11 is 0. The first-order chi connectivity index (χ1) is 10.7. The third kappa shape index (κ3) is 4.43. The van der Waals surface area contributed by atoms with Crippen molar-refractivity contribution in [1.29, 1.82) is 5.26 Å². The summed E-state index contributed by atoms with van der Waals surface area (Å²) < 4.78 is 5.18. The Morgan fingerprint density at radius 3 is 2.86 bits per heavy atom. The van der Waals surface area contributed by atoms with Crippen molar-refractivity contribution in [2.24, 2.45) is 0 Å². The molecule has 0 saturated carbocycles. The van der Waals surface area contributed by atoms with Crippen LogP contribution in [0.3, 0.4) is 0 Å². The first kappa shape index (κ1) is 16.2. The molecule has 0 unspecified atom stereocenters. The second kappa shape index (κ2) is 8.35. The van der Waals surface area contributed by atoms with Gasteiger partial charge < -0.3 is 9.64 Å². The molecule has 1 saturated heterocycles. The SMILES string of the molecule is CCCCOC(=O)CN1CCN(c2ncccc2C#N)CC1. The summed E-state index contributed by atoms with van der Waals surface area (Å²) in [6.45, 7) is 5.97. The third-order valence-electron chi connectivity index (χ3n) is 3.69. The molecule has 1 aliphatic rings. The quantitative estimate of drug-likeness (QED) is 0.585. The first-order valence-corrected chi connectivity index (χ1v) is 7.72. The zero-order valence-electron chi connectivity index (χ0n) is 13.0. The number of hydrogen-bond acceptors (Lipinski definition) is 6. The van der Waals surface area contributed by atoms with Crippen LogP contribution in [0.15, 0.2) is 18.3 Å². The van der Waals surface area contributed by atoms with Crippen LogP contribution in [0.4, 0.5) is 5.82 Å². The molecule has 6 nitrogen and oxygen atoms in total. The Labute approximate surface area is 131 Å². The van der Waals surface area contributed by atoms with Crippen molar-refractivity contribution in [1.82, 2.24) is 9.88 Å². The number of aromatic nitrogens is 1. The minimum Gasteiger partial charge on any atom is -0.465 e. The van der Waals surface area contributed by atoms with Crippen LogP contribution in [0.2, 0.25) is 0 Å². The average molecular weight is 302 g/mol. The number of nitrogens with zero attached hydrogens (tertiary/aromatic N) is 4. The van der Waals surface area contributed by atoms with Crippen LogP contribution >= 0.6 is 0 Å². The second-order valence-corrected chi connectivity index (χ2v) is 5.32. The molecule has 2 rings (SSSR count). The highest BCUT2D eigenvalue weighted by Crippen LogP contribution is 2.17. The number of nitriles is 1. The van der Waals surface area contributed by atoms with Gasteiger partial charge in [0.1, 0.15) is 11.9 Å². The summed E-state index contributed by atoms with van der Waals surface area (Å²) in [5.74, 6) is 0.577. The Bertz CT molecular complexity index is 533. The van der Waals surface area contributed by atoms with E-state index in [-0.39, 0.29) is 5.97 Å². The number of unbranched alkanes of at least 4 members (excludes halogenated alkanes) is 1. The summed E-state index contributed by atoms with van der Waals surface area (Å²) in [5.41, 5.74) is 0.593. The van der Waals surface area contributed by atoms with E-state index in [1.165, 1.54) is 0 Å². The zero-order chi connectivity index (χ0) is 15.8. The van der Waals surface area contributed by atoms with Gasteiger partial charge in [0.05, 0.1) is 18.7 Å². The van der Waals surface area contributed by atoms with Crippen molar-refractivity contribution in [3.63, 3.8) is 0 Å². The lowest BCUT2D eigenvalue weighted by Gasteiger charge is -2.35. The van der Waals surface area contributed by atoms with Crippen molar-refractivity contribution in [2.45, 2.75) is 19.8 Å². The lowest BCUT2D eigenvalue weighted by Crippen LogP contribution is -2.48. The van der Waals surface area contributed by atoms with Gasteiger partial charge in [0.25, 0.3) is 0 Å². The highest BCUT2D eigenvalue weighted by atomic mass is 16.5. The molecule has 118 valence electrons. The van der Waals surface area contributed by atoms with Crippen molar-refractivity contribution < 1.29 is 9.53 Å². The molecule has 0 spiro atoms. The number of pyridine rings is 1. The molecule has 0 N–H and O–H groups in total.